The first-order valence-corrected chi connectivity index (χ1v) is 6.68. The Labute approximate surface area is 104 Å². The SMILES string of the molecule is C=C1[C@H]2CCC(C)=C[C@H]2O[C@@H]1[C@@H](O)CC(C)C. The van der Waals surface area contributed by atoms with Crippen molar-refractivity contribution in [2.45, 2.75) is 58.3 Å². The van der Waals surface area contributed by atoms with E-state index >= 15 is 0 Å². The normalized spacial score (nSPS) is 34.8. The molecule has 2 aliphatic rings. The lowest BCUT2D eigenvalue weighted by Crippen LogP contribution is -2.28. The molecule has 2 nitrogen and oxygen atoms in total. The molecular weight excluding hydrogens is 212 g/mol. The van der Waals surface area contributed by atoms with Gasteiger partial charge in [-0.25, -0.2) is 0 Å². The molecular formula is C15H24O2. The molecule has 0 aromatic carbocycles. The van der Waals surface area contributed by atoms with Crippen LogP contribution in [0.5, 0.6) is 0 Å². The smallest absolute Gasteiger partial charge is 0.105 e. The van der Waals surface area contributed by atoms with Crippen LogP contribution >= 0.6 is 0 Å². The maximum absolute atomic E-state index is 10.2. The van der Waals surface area contributed by atoms with Gasteiger partial charge in [0.1, 0.15) is 6.10 Å². The molecule has 0 radical (unpaired) electrons. The third kappa shape index (κ3) is 2.63. The molecule has 4 atom stereocenters. The number of aliphatic hydroxyl groups is 1. The summed E-state index contributed by atoms with van der Waals surface area (Å²) in [6, 6.07) is 0. The van der Waals surface area contributed by atoms with Gasteiger partial charge in [-0.1, -0.05) is 32.1 Å². The first-order chi connectivity index (χ1) is 7.99. The molecule has 17 heavy (non-hydrogen) atoms. The van der Waals surface area contributed by atoms with Crippen molar-refractivity contribution in [3.8, 4) is 0 Å². The average molecular weight is 236 g/mol. The van der Waals surface area contributed by atoms with Gasteiger partial charge in [-0.15, -0.1) is 0 Å². The number of fused-ring (bicyclic) bond motifs is 1. The zero-order valence-electron chi connectivity index (χ0n) is 11.1. The van der Waals surface area contributed by atoms with Crippen LogP contribution in [0.3, 0.4) is 0 Å². The lowest BCUT2D eigenvalue weighted by Gasteiger charge is -2.21. The summed E-state index contributed by atoms with van der Waals surface area (Å²) in [5.41, 5.74) is 2.50. The topological polar surface area (TPSA) is 29.5 Å². The zero-order chi connectivity index (χ0) is 12.6. The molecule has 0 saturated carbocycles. The van der Waals surface area contributed by atoms with Crippen molar-refractivity contribution in [3.05, 3.63) is 23.8 Å². The third-order valence-corrected chi connectivity index (χ3v) is 3.90. The Hall–Kier alpha value is -0.600. The molecule has 0 aromatic rings. The molecule has 0 bridgehead atoms. The lowest BCUT2D eigenvalue weighted by atomic mass is 9.82. The first kappa shape index (κ1) is 12.8. The van der Waals surface area contributed by atoms with Crippen LogP contribution in [0.25, 0.3) is 0 Å². The maximum Gasteiger partial charge on any atom is 0.105 e. The highest BCUT2D eigenvalue weighted by Gasteiger charge is 2.41. The zero-order valence-corrected chi connectivity index (χ0v) is 11.1. The van der Waals surface area contributed by atoms with Crippen LogP contribution in [0.15, 0.2) is 23.8 Å². The van der Waals surface area contributed by atoms with Gasteiger partial charge >= 0.3 is 0 Å². The molecule has 0 spiro atoms. The summed E-state index contributed by atoms with van der Waals surface area (Å²) < 4.78 is 5.98. The largest absolute Gasteiger partial charge is 0.390 e. The summed E-state index contributed by atoms with van der Waals surface area (Å²) in [6.07, 6.45) is 4.85. The molecule has 96 valence electrons. The van der Waals surface area contributed by atoms with Crippen molar-refractivity contribution in [1.29, 1.82) is 0 Å². The molecule has 1 saturated heterocycles. The number of rotatable bonds is 3. The predicted octanol–water partition coefficient (Wildman–Crippen LogP) is 3.07. The lowest BCUT2D eigenvalue weighted by molar-refractivity contribution is -0.0226. The van der Waals surface area contributed by atoms with Gasteiger partial charge in [-0.05, 0) is 37.7 Å². The molecule has 1 fully saturated rings. The van der Waals surface area contributed by atoms with E-state index in [1.54, 1.807) is 0 Å². The fourth-order valence-corrected chi connectivity index (χ4v) is 2.97. The summed E-state index contributed by atoms with van der Waals surface area (Å²) in [5, 5.41) is 10.2. The minimum atomic E-state index is -0.401. The van der Waals surface area contributed by atoms with Crippen molar-refractivity contribution >= 4 is 0 Å². The number of allylic oxidation sites excluding steroid dienone is 1. The van der Waals surface area contributed by atoms with Crippen LogP contribution in [0.2, 0.25) is 0 Å². The average Bonchev–Trinajstić information content (AvgIpc) is 2.54. The first-order valence-electron chi connectivity index (χ1n) is 6.68. The van der Waals surface area contributed by atoms with Gasteiger partial charge in [0.15, 0.2) is 0 Å². The highest BCUT2D eigenvalue weighted by Crippen LogP contribution is 2.41. The Kier molecular flexibility index (Phi) is 3.74. The Morgan fingerprint density at radius 3 is 2.88 bits per heavy atom. The van der Waals surface area contributed by atoms with Gasteiger partial charge in [0.2, 0.25) is 0 Å². The second-order valence-corrected chi connectivity index (χ2v) is 5.95. The highest BCUT2D eigenvalue weighted by molar-refractivity contribution is 5.24. The van der Waals surface area contributed by atoms with E-state index in [2.05, 4.69) is 33.4 Å². The van der Waals surface area contributed by atoms with E-state index in [1.807, 2.05) is 0 Å². The van der Waals surface area contributed by atoms with Crippen molar-refractivity contribution in [1.82, 2.24) is 0 Å². The monoisotopic (exact) mass is 236 g/mol. The highest BCUT2D eigenvalue weighted by atomic mass is 16.5. The second kappa shape index (κ2) is 4.95. The maximum atomic E-state index is 10.2. The minimum absolute atomic E-state index is 0.156. The van der Waals surface area contributed by atoms with Crippen LogP contribution in [0, 0.1) is 11.8 Å². The van der Waals surface area contributed by atoms with Crippen LogP contribution in [-0.4, -0.2) is 23.4 Å². The van der Waals surface area contributed by atoms with Crippen molar-refractivity contribution in [3.63, 3.8) is 0 Å². The summed E-state index contributed by atoms with van der Waals surface area (Å²) in [6.45, 7) is 10.6. The molecule has 0 unspecified atom stereocenters. The number of aliphatic hydroxyl groups excluding tert-OH is 1. The van der Waals surface area contributed by atoms with Crippen molar-refractivity contribution in [2.75, 3.05) is 0 Å². The van der Waals surface area contributed by atoms with Crippen LogP contribution in [-0.2, 0) is 4.74 Å². The summed E-state index contributed by atoms with van der Waals surface area (Å²) in [7, 11) is 0. The summed E-state index contributed by atoms with van der Waals surface area (Å²) in [4.78, 5) is 0. The number of hydrogen-bond donors (Lipinski definition) is 1. The Bertz CT molecular complexity index is 330. The van der Waals surface area contributed by atoms with E-state index in [0.717, 1.165) is 24.8 Å². The summed E-state index contributed by atoms with van der Waals surface area (Å²) in [5.74, 6) is 0.909. The van der Waals surface area contributed by atoms with E-state index < -0.39 is 6.10 Å². The fourth-order valence-electron chi connectivity index (χ4n) is 2.97. The number of hydrogen-bond acceptors (Lipinski definition) is 2. The van der Waals surface area contributed by atoms with Crippen molar-refractivity contribution in [2.24, 2.45) is 11.8 Å². The molecule has 2 heteroatoms. The van der Waals surface area contributed by atoms with E-state index in [1.165, 1.54) is 5.57 Å². The quantitative estimate of drug-likeness (QED) is 0.763. The fraction of sp³-hybridized carbons (Fsp3) is 0.733. The van der Waals surface area contributed by atoms with Crippen LogP contribution in [0.4, 0.5) is 0 Å². The van der Waals surface area contributed by atoms with E-state index in [-0.39, 0.29) is 12.2 Å². The molecule has 1 aliphatic heterocycles. The molecule has 1 aliphatic carbocycles. The predicted molar refractivity (Wildman–Crippen MR) is 69.7 cm³/mol. The molecule has 1 heterocycles. The molecule has 2 rings (SSSR count). The van der Waals surface area contributed by atoms with Gasteiger partial charge in [-0.2, -0.15) is 0 Å². The van der Waals surface area contributed by atoms with Gasteiger partial charge in [0.05, 0.1) is 12.2 Å². The van der Waals surface area contributed by atoms with E-state index in [0.29, 0.717) is 11.8 Å². The Balaban J connectivity index is 2.06. The van der Waals surface area contributed by atoms with Gasteiger partial charge in [0.25, 0.3) is 0 Å². The minimum Gasteiger partial charge on any atom is -0.390 e. The third-order valence-electron chi connectivity index (χ3n) is 3.90. The van der Waals surface area contributed by atoms with Gasteiger partial charge in [-0.3, -0.25) is 0 Å². The van der Waals surface area contributed by atoms with E-state index in [4.69, 9.17) is 4.74 Å². The molecule has 0 aromatic heterocycles. The van der Waals surface area contributed by atoms with Gasteiger partial charge < -0.3 is 9.84 Å². The molecule has 0 amide bonds. The number of ether oxygens (including phenoxy) is 1. The van der Waals surface area contributed by atoms with Crippen LogP contribution < -0.4 is 0 Å². The molecule has 1 N–H and O–H groups in total. The standard InChI is InChI=1S/C15H24O2/c1-9(2)7-13(16)15-11(4)12-6-5-10(3)8-14(12)17-15/h8-9,12-16H,4-7H2,1-3H3/t12-,13+,14-,15+/m1/s1. The Morgan fingerprint density at radius 1 is 1.53 bits per heavy atom. The summed E-state index contributed by atoms with van der Waals surface area (Å²) >= 11 is 0. The van der Waals surface area contributed by atoms with Crippen molar-refractivity contribution < 1.29 is 9.84 Å². The van der Waals surface area contributed by atoms with Crippen LogP contribution in [0.1, 0.15) is 40.0 Å². The second-order valence-electron chi connectivity index (χ2n) is 5.95. The van der Waals surface area contributed by atoms with Gasteiger partial charge in [0, 0.05) is 5.92 Å². The van der Waals surface area contributed by atoms with E-state index in [9.17, 15) is 5.11 Å². The Morgan fingerprint density at radius 2 is 2.24 bits per heavy atom.